The van der Waals surface area contributed by atoms with E-state index in [2.05, 4.69) is 22.4 Å². The Balaban J connectivity index is 1.99. The molecule has 0 radical (unpaired) electrons. The van der Waals surface area contributed by atoms with Gasteiger partial charge in [0.2, 0.25) is 0 Å². The molecule has 2 atom stereocenters. The van der Waals surface area contributed by atoms with Gasteiger partial charge in [-0.05, 0) is 41.3 Å². The number of methoxy groups -OCH3 is 1. The maximum absolute atomic E-state index is 5.82. The van der Waals surface area contributed by atoms with Gasteiger partial charge in [0.15, 0.2) is 5.82 Å². The third-order valence-electron chi connectivity index (χ3n) is 4.21. The molecule has 2 unspecified atom stereocenters. The molecule has 112 valence electrons. The highest BCUT2D eigenvalue weighted by Gasteiger charge is 2.25. The first-order valence-corrected chi connectivity index (χ1v) is 7.40. The first kappa shape index (κ1) is 13.9. The number of nitrogen functional groups attached to an aromatic ring is 1. The zero-order valence-corrected chi connectivity index (χ0v) is 12.5. The number of ether oxygens (including phenoxy) is 1. The van der Waals surface area contributed by atoms with Crippen molar-refractivity contribution in [3.05, 3.63) is 18.2 Å². The number of benzene rings is 1. The van der Waals surface area contributed by atoms with Gasteiger partial charge in [0.1, 0.15) is 5.75 Å². The molecule has 2 N–H and O–H groups in total. The van der Waals surface area contributed by atoms with Crippen LogP contribution < -0.4 is 10.5 Å². The molecule has 1 aromatic carbocycles. The molecule has 3 rings (SSSR count). The fraction of sp³-hybridized carbons (Fsp3) is 0.533. The molecular formula is C15H21N5O. The Labute approximate surface area is 124 Å². The SMILES string of the molecule is COc1cc(N)ccc1-c1nnnn1C1CCCC(C)C1. The lowest BCUT2D eigenvalue weighted by Gasteiger charge is -2.27. The molecule has 1 aromatic heterocycles. The minimum Gasteiger partial charge on any atom is -0.496 e. The largest absolute Gasteiger partial charge is 0.496 e. The maximum Gasteiger partial charge on any atom is 0.186 e. The second-order valence-electron chi connectivity index (χ2n) is 5.83. The predicted molar refractivity (Wildman–Crippen MR) is 80.9 cm³/mol. The minimum absolute atomic E-state index is 0.362. The van der Waals surface area contributed by atoms with Crippen molar-refractivity contribution in [1.29, 1.82) is 0 Å². The Morgan fingerprint density at radius 1 is 1.33 bits per heavy atom. The first-order chi connectivity index (χ1) is 10.2. The molecule has 21 heavy (non-hydrogen) atoms. The van der Waals surface area contributed by atoms with Crippen molar-refractivity contribution in [2.24, 2.45) is 5.92 Å². The third-order valence-corrected chi connectivity index (χ3v) is 4.21. The molecule has 0 aliphatic heterocycles. The highest BCUT2D eigenvalue weighted by Crippen LogP contribution is 2.36. The van der Waals surface area contributed by atoms with Gasteiger partial charge < -0.3 is 10.5 Å². The average molecular weight is 287 g/mol. The Morgan fingerprint density at radius 2 is 2.19 bits per heavy atom. The summed E-state index contributed by atoms with van der Waals surface area (Å²) in [6.45, 7) is 2.29. The number of aromatic nitrogens is 4. The summed E-state index contributed by atoms with van der Waals surface area (Å²) in [5, 5.41) is 12.3. The van der Waals surface area contributed by atoms with E-state index in [4.69, 9.17) is 10.5 Å². The Hall–Kier alpha value is -2.11. The highest BCUT2D eigenvalue weighted by molar-refractivity contribution is 5.67. The summed E-state index contributed by atoms with van der Waals surface area (Å²) >= 11 is 0. The Bertz CT molecular complexity index is 624. The number of hydrogen-bond acceptors (Lipinski definition) is 5. The van der Waals surface area contributed by atoms with Gasteiger partial charge in [0, 0.05) is 11.8 Å². The van der Waals surface area contributed by atoms with Crippen molar-refractivity contribution >= 4 is 5.69 Å². The molecule has 6 nitrogen and oxygen atoms in total. The molecule has 6 heteroatoms. The van der Waals surface area contributed by atoms with Gasteiger partial charge in [-0.2, -0.15) is 0 Å². The fourth-order valence-corrected chi connectivity index (χ4v) is 3.13. The van der Waals surface area contributed by atoms with Crippen LogP contribution in [0.4, 0.5) is 5.69 Å². The van der Waals surface area contributed by atoms with Crippen molar-refractivity contribution in [3.63, 3.8) is 0 Å². The van der Waals surface area contributed by atoms with Crippen LogP contribution in [0.15, 0.2) is 18.2 Å². The molecule has 0 spiro atoms. The van der Waals surface area contributed by atoms with Crippen LogP contribution in [0.2, 0.25) is 0 Å². The number of nitrogens with two attached hydrogens (primary N) is 1. The van der Waals surface area contributed by atoms with Crippen LogP contribution in [-0.4, -0.2) is 27.3 Å². The van der Waals surface area contributed by atoms with Crippen LogP contribution in [0.25, 0.3) is 11.4 Å². The molecule has 1 aliphatic rings. The quantitative estimate of drug-likeness (QED) is 0.878. The second-order valence-corrected chi connectivity index (χ2v) is 5.83. The molecular weight excluding hydrogens is 266 g/mol. The van der Waals surface area contributed by atoms with E-state index >= 15 is 0 Å². The van der Waals surface area contributed by atoms with Crippen LogP contribution in [-0.2, 0) is 0 Å². The zero-order chi connectivity index (χ0) is 14.8. The van der Waals surface area contributed by atoms with E-state index in [1.807, 2.05) is 16.8 Å². The third kappa shape index (κ3) is 2.70. The number of nitrogens with zero attached hydrogens (tertiary/aromatic N) is 4. The molecule has 1 saturated carbocycles. The van der Waals surface area contributed by atoms with E-state index < -0.39 is 0 Å². The molecule has 1 fully saturated rings. The molecule has 1 aliphatic carbocycles. The van der Waals surface area contributed by atoms with Gasteiger partial charge in [-0.1, -0.05) is 19.8 Å². The van der Waals surface area contributed by atoms with Gasteiger partial charge in [-0.15, -0.1) is 5.10 Å². The van der Waals surface area contributed by atoms with Gasteiger partial charge >= 0.3 is 0 Å². The monoisotopic (exact) mass is 287 g/mol. The van der Waals surface area contributed by atoms with Gasteiger partial charge in [-0.3, -0.25) is 0 Å². The summed E-state index contributed by atoms with van der Waals surface area (Å²) in [7, 11) is 1.63. The molecule has 2 aromatic rings. The molecule has 0 amide bonds. The van der Waals surface area contributed by atoms with Crippen LogP contribution >= 0.6 is 0 Å². The van der Waals surface area contributed by atoms with Crippen LogP contribution in [0.5, 0.6) is 5.75 Å². The Morgan fingerprint density at radius 3 is 2.95 bits per heavy atom. The number of anilines is 1. The van der Waals surface area contributed by atoms with Crippen molar-refractivity contribution in [3.8, 4) is 17.1 Å². The van der Waals surface area contributed by atoms with E-state index in [1.165, 1.54) is 12.8 Å². The second kappa shape index (κ2) is 5.71. The van der Waals surface area contributed by atoms with E-state index in [0.29, 0.717) is 23.4 Å². The maximum atomic E-state index is 5.82. The minimum atomic E-state index is 0.362. The van der Waals surface area contributed by atoms with Crippen molar-refractivity contribution < 1.29 is 4.74 Å². The summed E-state index contributed by atoms with van der Waals surface area (Å²) in [6, 6.07) is 5.93. The first-order valence-electron chi connectivity index (χ1n) is 7.40. The van der Waals surface area contributed by atoms with Crippen LogP contribution in [0.1, 0.15) is 38.6 Å². The summed E-state index contributed by atoms with van der Waals surface area (Å²) in [5.41, 5.74) is 7.37. The molecule has 0 saturated heterocycles. The van der Waals surface area contributed by atoms with E-state index in [-0.39, 0.29) is 0 Å². The molecule has 1 heterocycles. The van der Waals surface area contributed by atoms with Gasteiger partial charge in [0.05, 0.1) is 18.7 Å². The highest BCUT2D eigenvalue weighted by atomic mass is 16.5. The lowest BCUT2D eigenvalue weighted by atomic mass is 9.87. The van der Waals surface area contributed by atoms with Gasteiger partial charge in [0.25, 0.3) is 0 Å². The number of hydrogen-bond donors (Lipinski definition) is 1. The lowest BCUT2D eigenvalue weighted by molar-refractivity contribution is 0.265. The summed E-state index contributed by atoms with van der Waals surface area (Å²) in [6.07, 6.45) is 4.76. The average Bonchev–Trinajstić information content (AvgIpc) is 2.96. The van der Waals surface area contributed by atoms with Crippen molar-refractivity contribution in [2.45, 2.75) is 38.6 Å². The fourth-order valence-electron chi connectivity index (χ4n) is 3.13. The van der Waals surface area contributed by atoms with Gasteiger partial charge in [-0.25, -0.2) is 4.68 Å². The van der Waals surface area contributed by atoms with E-state index in [1.54, 1.807) is 13.2 Å². The van der Waals surface area contributed by atoms with Crippen molar-refractivity contribution in [1.82, 2.24) is 20.2 Å². The summed E-state index contributed by atoms with van der Waals surface area (Å²) < 4.78 is 7.37. The summed E-state index contributed by atoms with van der Waals surface area (Å²) in [5.74, 6) is 2.18. The van der Waals surface area contributed by atoms with Crippen LogP contribution in [0.3, 0.4) is 0 Å². The topological polar surface area (TPSA) is 78.8 Å². The zero-order valence-electron chi connectivity index (χ0n) is 12.5. The number of tetrazole rings is 1. The standard InChI is InChI=1S/C15H21N5O/c1-10-4-3-5-12(8-10)20-15(17-18-19-20)13-7-6-11(16)9-14(13)21-2/h6-7,9-10,12H,3-5,8,16H2,1-2H3. The van der Waals surface area contributed by atoms with Crippen molar-refractivity contribution in [2.75, 3.05) is 12.8 Å². The normalized spacial score (nSPS) is 22.2. The molecule has 0 bridgehead atoms. The Kier molecular flexibility index (Phi) is 3.77. The summed E-state index contributed by atoms with van der Waals surface area (Å²) in [4.78, 5) is 0. The van der Waals surface area contributed by atoms with Crippen LogP contribution in [0, 0.1) is 5.92 Å². The van der Waals surface area contributed by atoms with E-state index in [9.17, 15) is 0 Å². The smallest absolute Gasteiger partial charge is 0.186 e. The lowest BCUT2D eigenvalue weighted by Crippen LogP contribution is -2.19. The number of rotatable bonds is 3. The predicted octanol–water partition coefficient (Wildman–Crippen LogP) is 2.68. The van der Waals surface area contributed by atoms with E-state index in [0.717, 1.165) is 24.2 Å².